The highest BCUT2D eigenvalue weighted by Crippen LogP contribution is 2.30. The third-order valence-corrected chi connectivity index (χ3v) is 3.74. The summed E-state index contributed by atoms with van der Waals surface area (Å²) < 4.78 is 0. The maximum atomic E-state index is 11.6. The van der Waals surface area contributed by atoms with E-state index in [1.807, 2.05) is 6.92 Å². The summed E-state index contributed by atoms with van der Waals surface area (Å²) in [7, 11) is 0. The number of hydrogen-bond donors (Lipinski definition) is 3. The average Bonchev–Trinajstić information content (AvgIpc) is 2.71. The predicted molar refractivity (Wildman–Crippen MR) is 69.4 cm³/mol. The molecule has 0 aromatic carbocycles. The zero-order valence-corrected chi connectivity index (χ0v) is 11.2. The van der Waals surface area contributed by atoms with Gasteiger partial charge in [-0.05, 0) is 24.7 Å². The molecule has 0 aromatic rings. The average molecular weight is 256 g/mol. The molecule has 0 bridgehead atoms. The summed E-state index contributed by atoms with van der Waals surface area (Å²) in [6.45, 7) is 4.75. The highest BCUT2D eigenvalue weighted by Gasteiger charge is 2.24. The van der Waals surface area contributed by atoms with Crippen molar-refractivity contribution < 1.29 is 14.7 Å². The second-order valence-electron chi connectivity index (χ2n) is 5.20. The molecule has 1 fully saturated rings. The van der Waals surface area contributed by atoms with Gasteiger partial charge in [0.05, 0.1) is 0 Å². The Labute approximate surface area is 108 Å². The molecule has 1 aliphatic rings. The van der Waals surface area contributed by atoms with Gasteiger partial charge in [0, 0.05) is 6.54 Å². The number of carbonyl (C=O) groups excluding carboxylic acids is 1. The van der Waals surface area contributed by atoms with Gasteiger partial charge < -0.3 is 15.7 Å². The molecule has 1 rings (SSSR count). The molecule has 0 saturated heterocycles. The third-order valence-electron chi connectivity index (χ3n) is 3.74. The number of urea groups is 1. The molecule has 3 N–H and O–H groups in total. The van der Waals surface area contributed by atoms with Crippen molar-refractivity contribution in [2.24, 2.45) is 11.8 Å². The Morgan fingerprint density at radius 2 is 2.11 bits per heavy atom. The summed E-state index contributed by atoms with van der Waals surface area (Å²) in [5.74, 6) is 0.211. The van der Waals surface area contributed by atoms with Crippen molar-refractivity contribution in [3.05, 3.63) is 0 Å². The molecular formula is C13H24N2O3. The molecule has 1 aliphatic carbocycles. The number of rotatable bonds is 6. The molecule has 0 heterocycles. The second kappa shape index (κ2) is 7.24. The van der Waals surface area contributed by atoms with Crippen molar-refractivity contribution in [3.63, 3.8) is 0 Å². The van der Waals surface area contributed by atoms with Crippen molar-refractivity contribution in [3.8, 4) is 0 Å². The smallest absolute Gasteiger partial charge is 0.326 e. The summed E-state index contributed by atoms with van der Waals surface area (Å²) in [5.41, 5.74) is 0. The molecule has 5 heteroatoms. The second-order valence-corrected chi connectivity index (χ2v) is 5.20. The van der Waals surface area contributed by atoms with Crippen LogP contribution in [0.4, 0.5) is 4.79 Å². The van der Waals surface area contributed by atoms with Crippen LogP contribution < -0.4 is 10.6 Å². The van der Waals surface area contributed by atoms with Crippen LogP contribution in [0, 0.1) is 11.8 Å². The van der Waals surface area contributed by atoms with E-state index >= 15 is 0 Å². The van der Waals surface area contributed by atoms with Crippen LogP contribution >= 0.6 is 0 Å². The minimum absolute atomic E-state index is 0.366. The lowest BCUT2D eigenvalue weighted by molar-refractivity contribution is -0.139. The number of aliphatic carboxylic acids is 1. The van der Waals surface area contributed by atoms with Gasteiger partial charge in [0.25, 0.3) is 0 Å². The Bertz CT molecular complexity index is 294. The Morgan fingerprint density at radius 3 is 2.61 bits per heavy atom. The van der Waals surface area contributed by atoms with Crippen molar-refractivity contribution in [2.75, 3.05) is 6.54 Å². The van der Waals surface area contributed by atoms with Gasteiger partial charge in [-0.2, -0.15) is 0 Å². The van der Waals surface area contributed by atoms with E-state index in [-0.39, 0.29) is 6.03 Å². The van der Waals surface area contributed by atoms with Gasteiger partial charge in [-0.15, -0.1) is 0 Å². The first-order valence-corrected chi connectivity index (χ1v) is 6.81. The summed E-state index contributed by atoms with van der Waals surface area (Å²) in [4.78, 5) is 22.5. The van der Waals surface area contributed by atoms with E-state index in [9.17, 15) is 9.59 Å². The monoisotopic (exact) mass is 256 g/mol. The van der Waals surface area contributed by atoms with Crippen molar-refractivity contribution >= 4 is 12.0 Å². The van der Waals surface area contributed by atoms with Crippen molar-refractivity contribution in [2.45, 2.75) is 52.0 Å². The molecule has 104 valence electrons. The number of amides is 2. The summed E-state index contributed by atoms with van der Waals surface area (Å²) in [6, 6.07) is -1.15. The lowest BCUT2D eigenvalue weighted by atomic mass is 9.98. The van der Waals surface area contributed by atoms with E-state index in [0.717, 1.165) is 12.8 Å². The maximum absolute atomic E-state index is 11.6. The first kappa shape index (κ1) is 14.8. The molecule has 2 amide bonds. The highest BCUT2D eigenvalue weighted by molar-refractivity contribution is 5.82. The highest BCUT2D eigenvalue weighted by atomic mass is 16.4. The molecule has 0 radical (unpaired) electrons. The Kier molecular flexibility index (Phi) is 5.95. The number of nitrogens with one attached hydrogen (secondary N) is 2. The minimum atomic E-state index is -0.971. The van der Waals surface area contributed by atoms with Gasteiger partial charge in [-0.25, -0.2) is 9.59 Å². The van der Waals surface area contributed by atoms with Gasteiger partial charge in [-0.3, -0.25) is 0 Å². The minimum Gasteiger partial charge on any atom is -0.480 e. The Hall–Kier alpha value is -1.26. The first-order valence-electron chi connectivity index (χ1n) is 6.81. The lowest BCUT2D eigenvalue weighted by Crippen LogP contribution is -2.47. The van der Waals surface area contributed by atoms with Gasteiger partial charge in [0.1, 0.15) is 6.04 Å². The molecule has 2 unspecified atom stereocenters. The fourth-order valence-corrected chi connectivity index (χ4v) is 2.50. The SMILES string of the molecule is CCC[C@@H](NC(=O)NCC1CCCC1C)C(=O)O. The molecule has 1 saturated carbocycles. The fourth-order valence-electron chi connectivity index (χ4n) is 2.50. The van der Waals surface area contributed by atoms with Gasteiger partial charge >= 0.3 is 12.0 Å². The van der Waals surface area contributed by atoms with E-state index in [2.05, 4.69) is 17.6 Å². The Balaban J connectivity index is 2.29. The van der Waals surface area contributed by atoms with Crippen LogP contribution in [-0.4, -0.2) is 29.7 Å². The van der Waals surface area contributed by atoms with E-state index in [0.29, 0.717) is 24.8 Å². The van der Waals surface area contributed by atoms with E-state index in [1.54, 1.807) is 0 Å². The molecule has 3 atom stereocenters. The maximum Gasteiger partial charge on any atom is 0.326 e. The molecular weight excluding hydrogens is 232 g/mol. The summed E-state index contributed by atoms with van der Waals surface area (Å²) >= 11 is 0. The van der Waals surface area contributed by atoms with Gasteiger partial charge in [0.15, 0.2) is 0 Å². The number of carbonyl (C=O) groups is 2. The molecule has 0 aliphatic heterocycles. The van der Waals surface area contributed by atoms with Crippen LogP contribution in [-0.2, 0) is 4.79 Å². The van der Waals surface area contributed by atoms with E-state index in [4.69, 9.17) is 5.11 Å². The van der Waals surface area contributed by atoms with E-state index < -0.39 is 12.0 Å². The molecule has 0 aromatic heterocycles. The molecule has 0 spiro atoms. The van der Waals surface area contributed by atoms with Crippen LogP contribution in [0.15, 0.2) is 0 Å². The summed E-state index contributed by atoms with van der Waals surface area (Å²) in [5, 5.41) is 14.2. The van der Waals surface area contributed by atoms with Crippen molar-refractivity contribution in [1.82, 2.24) is 10.6 Å². The van der Waals surface area contributed by atoms with Crippen LogP contribution in [0.25, 0.3) is 0 Å². The van der Waals surface area contributed by atoms with Crippen LogP contribution in [0.2, 0.25) is 0 Å². The quantitative estimate of drug-likeness (QED) is 0.680. The first-order chi connectivity index (χ1) is 8.54. The molecule has 18 heavy (non-hydrogen) atoms. The van der Waals surface area contributed by atoms with Crippen LogP contribution in [0.3, 0.4) is 0 Å². The largest absolute Gasteiger partial charge is 0.480 e. The zero-order chi connectivity index (χ0) is 13.5. The normalized spacial score (nSPS) is 24.6. The van der Waals surface area contributed by atoms with Gasteiger partial charge in [-0.1, -0.05) is 33.1 Å². The van der Waals surface area contributed by atoms with Gasteiger partial charge in [0.2, 0.25) is 0 Å². The summed E-state index contributed by atoms with van der Waals surface area (Å²) in [6.07, 6.45) is 4.79. The van der Waals surface area contributed by atoms with Crippen LogP contribution in [0.5, 0.6) is 0 Å². The lowest BCUT2D eigenvalue weighted by Gasteiger charge is -2.18. The Morgan fingerprint density at radius 1 is 1.39 bits per heavy atom. The molecule has 5 nitrogen and oxygen atoms in total. The topological polar surface area (TPSA) is 78.4 Å². The number of carboxylic acid groups (broad SMARTS) is 1. The third kappa shape index (κ3) is 4.55. The zero-order valence-electron chi connectivity index (χ0n) is 11.2. The van der Waals surface area contributed by atoms with E-state index in [1.165, 1.54) is 12.8 Å². The number of carboxylic acids is 1. The van der Waals surface area contributed by atoms with Crippen molar-refractivity contribution in [1.29, 1.82) is 0 Å². The fraction of sp³-hybridized carbons (Fsp3) is 0.846. The van der Waals surface area contributed by atoms with Crippen LogP contribution in [0.1, 0.15) is 46.0 Å². The number of hydrogen-bond acceptors (Lipinski definition) is 2. The predicted octanol–water partition coefficient (Wildman–Crippen LogP) is 1.98. The standard InChI is InChI=1S/C13H24N2O3/c1-3-5-11(12(16)17)15-13(18)14-8-10-7-4-6-9(10)2/h9-11H,3-8H2,1-2H3,(H,16,17)(H2,14,15,18)/t9?,10?,11-/m1/s1.